The van der Waals surface area contributed by atoms with E-state index in [4.69, 9.17) is 22.8 Å². The third-order valence-electron chi connectivity index (χ3n) is 11.1. The van der Waals surface area contributed by atoms with Gasteiger partial charge in [-0.2, -0.15) is 5.26 Å². The summed E-state index contributed by atoms with van der Waals surface area (Å²) in [7, 11) is 1.58. The summed E-state index contributed by atoms with van der Waals surface area (Å²) in [5.74, 6) is 0.678. The molecule has 9 nitrogen and oxygen atoms in total. The molecule has 0 saturated heterocycles. The summed E-state index contributed by atoms with van der Waals surface area (Å²) in [6.07, 6.45) is 14.6. The van der Waals surface area contributed by atoms with Gasteiger partial charge in [0.2, 0.25) is 0 Å². The molecule has 6 rings (SSSR count). The number of hydrogen-bond donors (Lipinski definition) is 1. The molecular formula is C50H57N3O6SSi. The number of amides is 1. The largest absolute Gasteiger partial charge is 0.536 e. The van der Waals surface area contributed by atoms with Crippen molar-refractivity contribution in [3.8, 4) is 17.6 Å². The quantitative estimate of drug-likeness (QED) is 0.0357. The van der Waals surface area contributed by atoms with Crippen molar-refractivity contribution >= 4 is 72.2 Å². The topological polar surface area (TPSA) is 102 Å². The summed E-state index contributed by atoms with van der Waals surface area (Å²) in [5.41, 5.74) is 4.52. The molecule has 11 heteroatoms. The average molecular weight is 856 g/mol. The Bertz CT molecular complexity index is 2210. The SMILES string of the molecule is CCCCCC1(CCCCC)COc2c(/C=C/c3ccc(N(c4ccccc4)c4ccccc4)cc3)sc(/C=C(\C#N)C(=O)Nc3ccc([Si](OC)(OC)OC)cc3)c2OC1. The first-order valence-corrected chi connectivity index (χ1v) is 23.7. The van der Waals surface area contributed by atoms with Gasteiger partial charge in [0.1, 0.15) is 11.6 Å². The summed E-state index contributed by atoms with van der Waals surface area (Å²) in [6, 6.07) is 38.3. The number of hydrogen-bond acceptors (Lipinski definition) is 9. The lowest BCUT2D eigenvalue weighted by molar-refractivity contribution is -0.112. The number of thiophene rings is 1. The second kappa shape index (κ2) is 21.9. The monoisotopic (exact) mass is 855 g/mol. The number of fused-ring (bicyclic) bond motifs is 1. The summed E-state index contributed by atoms with van der Waals surface area (Å²) in [6.45, 7) is 5.49. The zero-order valence-corrected chi connectivity index (χ0v) is 37.8. The molecule has 61 heavy (non-hydrogen) atoms. The molecule has 1 aliphatic heterocycles. The van der Waals surface area contributed by atoms with E-state index in [1.54, 1.807) is 51.7 Å². The van der Waals surface area contributed by atoms with E-state index in [0.29, 0.717) is 35.3 Å². The van der Waals surface area contributed by atoms with Crippen molar-refractivity contribution in [1.29, 1.82) is 5.26 Å². The van der Waals surface area contributed by atoms with Gasteiger partial charge >= 0.3 is 8.80 Å². The van der Waals surface area contributed by atoms with Crippen LogP contribution < -0.4 is 24.9 Å². The van der Waals surface area contributed by atoms with E-state index in [1.807, 2.05) is 42.5 Å². The van der Waals surface area contributed by atoms with E-state index >= 15 is 0 Å². The molecule has 0 spiro atoms. The fourth-order valence-corrected chi connectivity index (χ4v) is 10.5. The fourth-order valence-electron chi connectivity index (χ4n) is 7.67. The Balaban J connectivity index is 1.31. The first-order valence-electron chi connectivity index (χ1n) is 21.1. The molecular weight excluding hydrogens is 799 g/mol. The van der Waals surface area contributed by atoms with Gasteiger partial charge in [-0.25, -0.2) is 0 Å². The van der Waals surface area contributed by atoms with Gasteiger partial charge in [0.25, 0.3) is 5.91 Å². The summed E-state index contributed by atoms with van der Waals surface area (Å²) < 4.78 is 30.4. The highest BCUT2D eigenvalue weighted by Crippen LogP contribution is 2.49. The van der Waals surface area contributed by atoms with Crippen molar-refractivity contribution in [2.45, 2.75) is 65.2 Å². The van der Waals surface area contributed by atoms with Gasteiger partial charge in [0, 0.05) is 54.7 Å². The molecule has 0 aliphatic carbocycles. The van der Waals surface area contributed by atoms with Crippen molar-refractivity contribution in [3.05, 3.63) is 130 Å². The number of nitrogens with one attached hydrogen (secondary N) is 1. The lowest BCUT2D eigenvalue weighted by atomic mass is 9.79. The number of para-hydroxylation sites is 2. The van der Waals surface area contributed by atoms with Gasteiger partial charge in [-0.05, 0) is 79.1 Å². The number of ether oxygens (including phenoxy) is 2. The second-order valence-electron chi connectivity index (χ2n) is 15.3. The van der Waals surface area contributed by atoms with Gasteiger partial charge < -0.3 is 33.0 Å². The molecule has 1 amide bonds. The van der Waals surface area contributed by atoms with Crippen LogP contribution in [-0.4, -0.2) is 49.3 Å². The van der Waals surface area contributed by atoms with Crippen LogP contribution in [0, 0.1) is 16.7 Å². The highest BCUT2D eigenvalue weighted by Gasteiger charge is 2.41. The molecule has 1 aromatic heterocycles. The number of carbonyl (C=O) groups is 1. The molecule has 0 unspecified atom stereocenters. The van der Waals surface area contributed by atoms with E-state index in [2.05, 4.69) is 84.7 Å². The van der Waals surface area contributed by atoms with Gasteiger partial charge in [-0.15, -0.1) is 11.3 Å². The molecule has 1 aliphatic rings. The normalized spacial score (nSPS) is 13.7. The third kappa shape index (κ3) is 11.1. The summed E-state index contributed by atoms with van der Waals surface area (Å²) in [4.78, 5) is 17.4. The molecule has 0 bridgehead atoms. The van der Waals surface area contributed by atoms with Crippen molar-refractivity contribution < 1.29 is 27.5 Å². The van der Waals surface area contributed by atoms with Crippen LogP contribution in [0.4, 0.5) is 22.7 Å². The zero-order chi connectivity index (χ0) is 43.1. The summed E-state index contributed by atoms with van der Waals surface area (Å²) >= 11 is 1.44. The van der Waals surface area contributed by atoms with E-state index in [-0.39, 0.29) is 11.0 Å². The minimum Gasteiger partial charge on any atom is -0.487 e. The van der Waals surface area contributed by atoms with Crippen molar-refractivity contribution in [2.24, 2.45) is 5.41 Å². The number of benzene rings is 4. The number of nitrogens with zero attached hydrogens (tertiary/aromatic N) is 2. The standard InChI is InChI=1S/C50H57N3O6SSi/c1-6-8-16-32-50(33-17-9-7-2)36-58-47-45(31-24-38-22-27-43(28-23-38)53(41-18-12-10-13-19-41)42-20-14-11-15-21-42)60-46(48(47)59-37-50)34-39(35-51)49(54)52-40-25-29-44(30-26-40)61(55-3,56-4)57-5/h10-15,18-31,34H,6-9,16-17,32-33,36-37H2,1-5H3,(H,52,54)/b31-24+,39-34+. The Hall–Kier alpha value is -5.48. The van der Waals surface area contributed by atoms with E-state index < -0.39 is 14.7 Å². The Kier molecular flexibility index (Phi) is 16.1. The lowest BCUT2D eigenvalue weighted by Gasteiger charge is -2.31. The third-order valence-corrected chi connectivity index (χ3v) is 14.8. The number of unbranched alkanes of at least 4 members (excludes halogenated alkanes) is 4. The number of anilines is 4. The average Bonchev–Trinajstić information content (AvgIpc) is 3.51. The van der Waals surface area contributed by atoms with Crippen LogP contribution in [-0.2, 0) is 18.1 Å². The Labute approximate surface area is 366 Å². The Morgan fingerprint density at radius 2 is 1.26 bits per heavy atom. The molecule has 4 aromatic carbocycles. The predicted molar refractivity (Wildman–Crippen MR) is 251 cm³/mol. The molecule has 0 atom stereocenters. The fraction of sp³-hybridized carbons (Fsp3) is 0.320. The molecule has 318 valence electrons. The molecule has 2 heterocycles. The molecule has 0 saturated carbocycles. The van der Waals surface area contributed by atoms with Crippen LogP contribution in [0.3, 0.4) is 0 Å². The Morgan fingerprint density at radius 3 is 1.77 bits per heavy atom. The van der Waals surface area contributed by atoms with Crippen LogP contribution in [0.15, 0.2) is 115 Å². The Morgan fingerprint density at radius 1 is 0.738 bits per heavy atom. The maximum absolute atomic E-state index is 13.7. The van der Waals surface area contributed by atoms with Crippen LogP contribution in [0.25, 0.3) is 18.2 Å². The predicted octanol–water partition coefficient (Wildman–Crippen LogP) is 11.9. The van der Waals surface area contributed by atoms with Gasteiger partial charge in [0.05, 0.1) is 23.0 Å². The highest BCUT2D eigenvalue weighted by atomic mass is 32.1. The van der Waals surface area contributed by atoms with E-state index in [0.717, 1.165) is 84.1 Å². The highest BCUT2D eigenvalue weighted by molar-refractivity contribution is 7.14. The minimum atomic E-state index is -3.05. The van der Waals surface area contributed by atoms with Crippen molar-refractivity contribution in [2.75, 3.05) is 44.8 Å². The number of nitriles is 1. The molecule has 0 fully saturated rings. The first-order chi connectivity index (χ1) is 29.8. The van der Waals surface area contributed by atoms with Gasteiger partial charge in [-0.3, -0.25) is 4.79 Å². The van der Waals surface area contributed by atoms with Gasteiger partial charge in [0.15, 0.2) is 11.5 Å². The van der Waals surface area contributed by atoms with Crippen LogP contribution in [0.5, 0.6) is 11.5 Å². The maximum Gasteiger partial charge on any atom is 0.536 e. The van der Waals surface area contributed by atoms with Crippen LogP contribution >= 0.6 is 11.3 Å². The summed E-state index contributed by atoms with van der Waals surface area (Å²) in [5, 5.41) is 13.9. The molecule has 0 radical (unpaired) electrons. The number of carbonyl (C=O) groups excluding carboxylic acids is 1. The van der Waals surface area contributed by atoms with Crippen LogP contribution in [0.2, 0.25) is 0 Å². The molecule has 1 N–H and O–H groups in total. The minimum absolute atomic E-state index is 0.0555. The van der Waals surface area contributed by atoms with Crippen LogP contribution in [0.1, 0.15) is 80.5 Å². The lowest BCUT2D eigenvalue weighted by Crippen LogP contribution is -2.54. The second-order valence-corrected chi connectivity index (χ2v) is 19.3. The molecule has 5 aromatic rings. The van der Waals surface area contributed by atoms with Gasteiger partial charge in [-0.1, -0.05) is 119 Å². The zero-order valence-electron chi connectivity index (χ0n) is 35.9. The van der Waals surface area contributed by atoms with Crippen molar-refractivity contribution in [3.63, 3.8) is 0 Å². The first kappa shape index (κ1) is 45.1. The van der Waals surface area contributed by atoms with E-state index in [1.165, 1.54) is 11.3 Å². The van der Waals surface area contributed by atoms with E-state index in [9.17, 15) is 10.1 Å². The van der Waals surface area contributed by atoms with Crippen molar-refractivity contribution in [1.82, 2.24) is 0 Å². The smallest absolute Gasteiger partial charge is 0.487 e. The maximum atomic E-state index is 13.7. The number of rotatable bonds is 20.